The Morgan fingerprint density at radius 2 is 1.09 bits per heavy atom. The number of ether oxygens (including phenoxy) is 3. The second kappa shape index (κ2) is 9.92. The molecule has 0 spiro atoms. The van der Waals surface area contributed by atoms with Gasteiger partial charge in [0.1, 0.15) is 47.1 Å². The number of aromatic carboxylic acids is 2. The molecule has 0 aliphatic rings. The van der Waals surface area contributed by atoms with E-state index in [-0.39, 0.29) is 37.8 Å². The second-order valence-corrected chi connectivity index (χ2v) is 6.97. The van der Waals surface area contributed by atoms with Gasteiger partial charge in [0.2, 0.25) is 0 Å². The van der Waals surface area contributed by atoms with Crippen LogP contribution in [0.5, 0.6) is 11.5 Å². The van der Waals surface area contributed by atoms with Crippen molar-refractivity contribution >= 4 is 33.7 Å². The lowest BCUT2D eigenvalue weighted by Gasteiger charge is -2.11. The van der Waals surface area contributed by atoms with E-state index in [2.05, 4.69) is 9.97 Å². The summed E-state index contributed by atoms with van der Waals surface area (Å²) in [4.78, 5) is 30.6. The number of carboxylic acids is 2. The first kappa shape index (κ1) is 22.0. The second-order valence-electron chi connectivity index (χ2n) is 6.97. The molecule has 0 saturated heterocycles. The van der Waals surface area contributed by atoms with Crippen LogP contribution in [0.25, 0.3) is 21.8 Å². The maximum Gasteiger partial charge on any atom is 0.354 e. The molecule has 0 bridgehead atoms. The smallest absolute Gasteiger partial charge is 0.354 e. The minimum atomic E-state index is -1.10. The minimum absolute atomic E-state index is 0.0506. The fourth-order valence-corrected chi connectivity index (χ4v) is 3.23. The number of benzene rings is 2. The molecular weight excluding hydrogens is 428 g/mol. The Hall–Kier alpha value is -4.24. The van der Waals surface area contributed by atoms with Crippen LogP contribution in [0.15, 0.2) is 60.7 Å². The molecule has 168 valence electrons. The van der Waals surface area contributed by atoms with Crippen molar-refractivity contribution in [2.45, 2.75) is 0 Å². The van der Waals surface area contributed by atoms with Crippen LogP contribution < -0.4 is 9.47 Å². The topological polar surface area (TPSA) is 128 Å². The van der Waals surface area contributed by atoms with Crippen molar-refractivity contribution < 1.29 is 34.0 Å². The molecule has 2 aromatic heterocycles. The average Bonchev–Trinajstić information content (AvgIpc) is 2.82. The normalized spacial score (nSPS) is 10.9. The zero-order chi connectivity index (χ0) is 23.2. The number of aromatic nitrogens is 2. The highest BCUT2D eigenvalue weighted by Crippen LogP contribution is 2.25. The number of carbonyl (C=O) groups is 2. The third-order valence-electron chi connectivity index (χ3n) is 4.78. The van der Waals surface area contributed by atoms with Gasteiger partial charge >= 0.3 is 11.9 Å². The number of hydrogen-bond acceptors (Lipinski definition) is 7. The number of rotatable bonds is 10. The molecule has 9 heteroatoms. The molecule has 0 radical (unpaired) electrons. The van der Waals surface area contributed by atoms with Crippen molar-refractivity contribution in [1.29, 1.82) is 0 Å². The van der Waals surface area contributed by atoms with Crippen LogP contribution in [0.3, 0.4) is 0 Å². The molecule has 0 unspecified atom stereocenters. The first-order valence-corrected chi connectivity index (χ1v) is 10.1. The Bertz CT molecular complexity index is 1220. The molecule has 4 rings (SSSR count). The third-order valence-corrected chi connectivity index (χ3v) is 4.78. The highest BCUT2D eigenvalue weighted by atomic mass is 16.5. The Labute approximate surface area is 188 Å². The van der Waals surface area contributed by atoms with E-state index >= 15 is 0 Å². The molecule has 0 saturated carbocycles. The third kappa shape index (κ3) is 5.16. The fourth-order valence-electron chi connectivity index (χ4n) is 3.23. The molecule has 0 fully saturated rings. The van der Waals surface area contributed by atoms with Crippen molar-refractivity contribution in [2.75, 3.05) is 26.4 Å². The predicted molar refractivity (Wildman–Crippen MR) is 119 cm³/mol. The van der Waals surface area contributed by atoms with Gasteiger partial charge in [-0.3, -0.25) is 0 Å². The van der Waals surface area contributed by atoms with Crippen molar-refractivity contribution in [3.8, 4) is 11.5 Å². The lowest BCUT2D eigenvalue weighted by Crippen LogP contribution is -2.12. The van der Waals surface area contributed by atoms with E-state index in [1.807, 2.05) is 24.3 Å². The molecule has 0 aliphatic carbocycles. The first-order chi connectivity index (χ1) is 16.0. The summed E-state index contributed by atoms with van der Waals surface area (Å²) >= 11 is 0. The van der Waals surface area contributed by atoms with Crippen LogP contribution in [-0.2, 0) is 4.74 Å². The Balaban J connectivity index is 1.28. The highest BCUT2D eigenvalue weighted by molar-refractivity contribution is 5.92. The van der Waals surface area contributed by atoms with E-state index in [1.165, 1.54) is 12.1 Å². The fraction of sp³-hybridized carbons (Fsp3) is 0.167. The van der Waals surface area contributed by atoms with E-state index in [0.29, 0.717) is 22.5 Å². The van der Waals surface area contributed by atoms with E-state index in [1.54, 1.807) is 24.3 Å². The lowest BCUT2D eigenvalue weighted by molar-refractivity contribution is 0.0680. The van der Waals surface area contributed by atoms with Gasteiger partial charge in [0.25, 0.3) is 0 Å². The van der Waals surface area contributed by atoms with Gasteiger partial charge in [-0.2, -0.15) is 0 Å². The summed E-state index contributed by atoms with van der Waals surface area (Å²) < 4.78 is 17.0. The average molecular weight is 448 g/mol. The SMILES string of the molecule is O=C(O)c1ccc2cccc(OCCOCCOc3cccc4ccc(C(=O)O)nc34)c2n1. The van der Waals surface area contributed by atoms with Crippen LogP contribution in [0, 0.1) is 0 Å². The number of hydrogen-bond donors (Lipinski definition) is 2. The summed E-state index contributed by atoms with van der Waals surface area (Å²) in [6, 6.07) is 17.0. The summed E-state index contributed by atoms with van der Waals surface area (Å²) in [6.45, 7) is 1.07. The van der Waals surface area contributed by atoms with Crippen LogP contribution in [0.2, 0.25) is 0 Å². The lowest BCUT2D eigenvalue weighted by atomic mass is 10.2. The van der Waals surface area contributed by atoms with E-state index in [4.69, 9.17) is 24.4 Å². The van der Waals surface area contributed by atoms with Gasteiger partial charge in [-0.25, -0.2) is 19.6 Å². The standard InChI is InChI=1S/C24H20N2O7/c27-23(28)17-9-7-15-3-1-5-19(21(15)25-17)32-13-11-31-12-14-33-20-6-2-4-16-8-10-18(24(29)30)26-22(16)20/h1-10H,11-14H2,(H,27,28)(H,29,30). The Morgan fingerprint density at radius 1 is 0.636 bits per heavy atom. The van der Waals surface area contributed by atoms with Crippen molar-refractivity contribution in [1.82, 2.24) is 9.97 Å². The van der Waals surface area contributed by atoms with Crippen LogP contribution in [-0.4, -0.2) is 58.5 Å². The predicted octanol–water partition coefficient (Wildman–Crippen LogP) is 3.65. The molecule has 2 N–H and O–H groups in total. The molecular formula is C24H20N2O7. The van der Waals surface area contributed by atoms with E-state index < -0.39 is 11.9 Å². The first-order valence-electron chi connectivity index (χ1n) is 10.1. The maximum absolute atomic E-state index is 11.2. The molecule has 0 aliphatic heterocycles. The zero-order valence-electron chi connectivity index (χ0n) is 17.4. The Kier molecular flexibility index (Phi) is 6.61. The van der Waals surface area contributed by atoms with Gasteiger partial charge in [-0.1, -0.05) is 36.4 Å². The van der Waals surface area contributed by atoms with Crippen molar-refractivity contribution in [3.05, 3.63) is 72.1 Å². The molecule has 2 aromatic carbocycles. The number of nitrogens with zero attached hydrogens (tertiary/aromatic N) is 2. The Morgan fingerprint density at radius 3 is 1.52 bits per heavy atom. The molecule has 33 heavy (non-hydrogen) atoms. The van der Waals surface area contributed by atoms with Crippen LogP contribution in [0.1, 0.15) is 21.0 Å². The van der Waals surface area contributed by atoms with Gasteiger partial charge in [0.05, 0.1) is 13.2 Å². The molecule has 0 amide bonds. The summed E-state index contributed by atoms with van der Waals surface area (Å²) in [5.41, 5.74) is 0.852. The molecule has 2 heterocycles. The maximum atomic E-state index is 11.2. The number of fused-ring (bicyclic) bond motifs is 2. The molecule has 4 aromatic rings. The summed E-state index contributed by atoms with van der Waals surface area (Å²) in [5, 5.41) is 19.8. The van der Waals surface area contributed by atoms with Gasteiger partial charge in [0.15, 0.2) is 0 Å². The summed E-state index contributed by atoms with van der Waals surface area (Å²) in [7, 11) is 0. The van der Waals surface area contributed by atoms with Crippen LogP contribution in [0.4, 0.5) is 0 Å². The number of carboxylic acid groups (broad SMARTS) is 2. The van der Waals surface area contributed by atoms with Crippen molar-refractivity contribution in [3.63, 3.8) is 0 Å². The summed E-state index contributed by atoms with van der Waals surface area (Å²) in [5.74, 6) is -1.25. The van der Waals surface area contributed by atoms with E-state index in [0.717, 1.165) is 10.8 Å². The van der Waals surface area contributed by atoms with Gasteiger partial charge in [0, 0.05) is 10.8 Å². The molecule has 9 nitrogen and oxygen atoms in total. The zero-order valence-corrected chi connectivity index (χ0v) is 17.4. The van der Waals surface area contributed by atoms with Crippen LogP contribution >= 0.6 is 0 Å². The van der Waals surface area contributed by atoms with Gasteiger partial charge in [-0.05, 0) is 24.3 Å². The minimum Gasteiger partial charge on any atom is -0.489 e. The monoisotopic (exact) mass is 448 g/mol. The van der Waals surface area contributed by atoms with E-state index in [9.17, 15) is 9.59 Å². The quantitative estimate of drug-likeness (QED) is 0.349. The largest absolute Gasteiger partial charge is 0.489 e. The van der Waals surface area contributed by atoms with Gasteiger partial charge < -0.3 is 24.4 Å². The van der Waals surface area contributed by atoms with Gasteiger partial charge in [-0.15, -0.1) is 0 Å². The highest BCUT2D eigenvalue weighted by Gasteiger charge is 2.10. The number of pyridine rings is 2. The summed E-state index contributed by atoms with van der Waals surface area (Å²) in [6.07, 6.45) is 0. The number of para-hydroxylation sites is 2. The van der Waals surface area contributed by atoms with Crippen molar-refractivity contribution in [2.24, 2.45) is 0 Å². The molecule has 0 atom stereocenters.